The molecule has 5 rings (SSSR count). The van der Waals surface area contributed by atoms with Crippen molar-refractivity contribution in [3.63, 3.8) is 0 Å². The molecule has 1 aromatic heterocycles. The fourth-order valence-electron chi connectivity index (χ4n) is 4.83. The third-order valence-electron chi connectivity index (χ3n) is 6.38. The van der Waals surface area contributed by atoms with Crippen LogP contribution in [0.3, 0.4) is 0 Å². The molecule has 2 aliphatic carbocycles. The van der Waals surface area contributed by atoms with Gasteiger partial charge in [0.05, 0.1) is 17.9 Å². The van der Waals surface area contributed by atoms with E-state index in [1.165, 1.54) is 30.2 Å². The van der Waals surface area contributed by atoms with Crippen molar-refractivity contribution in [2.45, 2.75) is 37.0 Å². The molecule has 1 unspecified atom stereocenters. The molecule has 3 atom stereocenters. The number of thioether (sulfide) groups is 1. The van der Waals surface area contributed by atoms with Crippen molar-refractivity contribution in [2.75, 3.05) is 20.7 Å². The molecule has 2 heterocycles. The molecule has 1 amide bonds. The largest absolute Gasteiger partial charge is 0.463 e. The minimum Gasteiger partial charge on any atom is -0.463 e. The van der Waals surface area contributed by atoms with Crippen LogP contribution in [0.1, 0.15) is 42.7 Å². The van der Waals surface area contributed by atoms with Crippen LogP contribution in [-0.2, 0) is 16.8 Å². The highest BCUT2D eigenvalue weighted by atomic mass is 32.2. The van der Waals surface area contributed by atoms with Crippen LogP contribution in [0.2, 0.25) is 0 Å². The summed E-state index contributed by atoms with van der Waals surface area (Å²) in [5.74, 6) is 2.19. The van der Waals surface area contributed by atoms with Gasteiger partial charge in [-0.1, -0.05) is 43.7 Å². The van der Waals surface area contributed by atoms with Crippen LogP contribution >= 0.6 is 11.8 Å². The Morgan fingerprint density at radius 2 is 2.14 bits per heavy atom. The summed E-state index contributed by atoms with van der Waals surface area (Å²) < 4.78 is 19.5. The van der Waals surface area contributed by atoms with Crippen molar-refractivity contribution >= 4 is 34.7 Å². The topological polar surface area (TPSA) is 93.7 Å². The zero-order valence-electron chi connectivity index (χ0n) is 20.2. The highest BCUT2D eigenvalue weighted by molar-refractivity contribution is 8.15. The van der Waals surface area contributed by atoms with E-state index in [-0.39, 0.29) is 30.0 Å². The molecule has 2 aromatic rings. The van der Waals surface area contributed by atoms with Gasteiger partial charge in [-0.15, -0.1) is 6.42 Å². The maximum absolute atomic E-state index is 14.9. The van der Waals surface area contributed by atoms with E-state index in [2.05, 4.69) is 15.9 Å². The molecular formula is C26H28FN5O2S. The number of nitrogens with zero attached hydrogens (tertiary/aromatic N) is 4. The molecule has 0 saturated heterocycles. The van der Waals surface area contributed by atoms with Crippen LogP contribution < -0.4 is 10.5 Å². The second kappa shape index (κ2) is 9.34. The van der Waals surface area contributed by atoms with Crippen molar-refractivity contribution in [2.24, 2.45) is 16.6 Å². The first kappa shape index (κ1) is 24.7. The summed E-state index contributed by atoms with van der Waals surface area (Å²) >= 11 is 1.37. The number of fused-ring (bicyclic) bond motifs is 4. The molecule has 7 nitrogen and oxygen atoms in total. The number of hydrogen-bond donors (Lipinski definition) is 1. The smallest absolute Gasteiger partial charge is 0.239 e. The molecule has 1 saturated carbocycles. The van der Waals surface area contributed by atoms with E-state index in [0.717, 1.165) is 24.0 Å². The van der Waals surface area contributed by atoms with Gasteiger partial charge in [0, 0.05) is 26.4 Å². The van der Waals surface area contributed by atoms with E-state index < -0.39 is 16.1 Å². The summed E-state index contributed by atoms with van der Waals surface area (Å²) in [6, 6.07) is 5.78. The Morgan fingerprint density at radius 1 is 1.37 bits per heavy atom. The molecule has 182 valence electrons. The second-order valence-electron chi connectivity index (χ2n) is 8.64. The Bertz CT molecular complexity index is 1250. The van der Waals surface area contributed by atoms with Gasteiger partial charge < -0.3 is 15.4 Å². The standard InChI is InChI=1S/C24H22FN5O2S.C2H6/c1-4-7-32-20-13-27-18(12-28-20)17(25)9-14-5-6-15-10-23(16(15)8-14)19-11-24(19,21(31)30(2)3)33-22(26)29-23;1-2/h1,5-6,8-9,12-13,19H,7,10-11H2,2-3H3,(H2,26,29);1-2H3/b17-9-;/t19-,23+,24?;/m0./s1. The van der Waals surface area contributed by atoms with E-state index >= 15 is 0 Å². The van der Waals surface area contributed by atoms with Crippen LogP contribution in [0.25, 0.3) is 11.9 Å². The maximum atomic E-state index is 14.9. The molecule has 0 radical (unpaired) electrons. The predicted molar refractivity (Wildman–Crippen MR) is 137 cm³/mol. The number of carbonyl (C=O) groups excluding carboxylic acids is 1. The van der Waals surface area contributed by atoms with Crippen LogP contribution in [-0.4, -0.2) is 51.4 Å². The Kier molecular flexibility index (Phi) is 6.60. The molecule has 3 aliphatic rings. The van der Waals surface area contributed by atoms with Gasteiger partial charge in [0.25, 0.3) is 0 Å². The Balaban J connectivity index is 0.00000141. The summed E-state index contributed by atoms with van der Waals surface area (Å²) in [6.45, 7) is 4.07. The number of benzene rings is 1. The lowest BCUT2D eigenvalue weighted by atomic mass is 9.66. The molecule has 1 spiro atoms. The first-order valence-corrected chi connectivity index (χ1v) is 12.3. The van der Waals surface area contributed by atoms with Crippen LogP contribution in [0, 0.1) is 18.3 Å². The van der Waals surface area contributed by atoms with Crippen molar-refractivity contribution < 1.29 is 13.9 Å². The SMILES string of the molecule is C#CCOc1cnc(/C(F)=C/c2ccc3c(c2)[C@@]2(C3)N=C(N)SC3(C(=O)N(C)C)C[C@H]32)cn1.CC. The molecule has 0 bridgehead atoms. The number of halogens is 1. The van der Waals surface area contributed by atoms with Crippen LogP contribution in [0.4, 0.5) is 4.39 Å². The molecule has 1 aromatic carbocycles. The summed E-state index contributed by atoms with van der Waals surface area (Å²) in [4.78, 5) is 27.4. The number of carbonyl (C=O) groups is 1. The highest BCUT2D eigenvalue weighted by Crippen LogP contribution is 2.69. The number of nitrogens with two attached hydrogens (primary N) is 1. The van der Waals surface area contributed by atoms with Gasteiger partial charge in [0.1, 0.15) is 10.4 Å². The average molecular weight is 494 g/mol. The van der Waals surface area contributed by atoms with Gasteiger partial charge in [-0.2, -0.15) is 0 Å². The van der Waals surface area contributed by atoms with Gasteiger partial charge in [-0.05, 0) is 35.3 Å². The molecule has 9 heteroatoms. The van der Waals surface area contributed by atoms with E-state index in [4.69, 9.17) is 21.9 Å². The van der Waals surface area contributed by atoms with Crippen molar-refractivity contribution in [1.82, 2.24) is 14.9 Å². The molecule has 1 fully saturated rings. The summed E-state index contributed by atoms with van der Waals surface area (Å²) in [6.07, 6.45) is 10.7. The van der Waals surface area contributed by atoms with E-state index in [1.54, 1.807) is 19.0 Å². The summed E-state index contributed by atoms with van der Waals surface area (Å²) in [7, 11) is 3.53. The van der Waals surface area contributed by atoms with Gasteiger partial charge in [-0.3, -0.25) is 9.79 Å². The Hall–Kier alpha value is -3.38. The third kappa shape index (κ3) is 4.16. The van der Waals surface area contributed by atoms with E-state index in [9.17, 15) is 9.18 Å². The number of rotatable bonds is 5. The zero-order chi connectivity index (χ0) is 25.4. The monoisotopic (exact) mass is 493 g/mol. The number of hydrogen-bond acceptors (Lipinski definition) is 7. The first-order valence-electron chi connectivity index (χ1n) is 11.4. The van der Waals surface area contributed by atoms with Crippen LogP contribution in [0.5, 0.6) is 5.88 Å². The van der Waals surface area contributed by atoms with Crippen molar-refractivity contribution in [3.05, 3.63) is 53.0 Å². The normalized spacial score (nSPS) is 25.5. The Morgan fingerprint density at radius 3 is 2.80 bits per heavy atom. The summed E-state index contributed by atoms with van der Waals surface area (Å²) in [5, 5.41) is 0.430. The lowest BCUT2D eigenvalue weighted by molar-refractivity contribution is -0.129. The third-order valence-corrected chi connectivity index (χ3v) is 7.67. The van der Waals surface area contributed by atoms with Crippen LogP contribution in [0.15, 0.2) is 35.6 Å². The molecule has 2 N–H and O–H groups in total. The van der Waals surface area contributed by atoms with Gasteiger partial charge in [0.15, 0.2) is 17.6 Å². The number of amides is 1. The van der Waals surface area contributed by atoms with Crippen molar-refractivity contribution in [1.29, 1.82) is 0 Å². The number of ether oxygens (including phenoxy) is 1. The fourth-order valence-corrected chi connectivity index (χ4v) is 6.27. The van der Waals surface area contributed by atoms with Crippen molar-refractivity contribution in [3.8, 4) is 18.2 Å². The average Bonchev–Trinajstić information content (AvgIpc) is 3.59. The molecular weight excluding hydrogens is 465 g/mol. The zero-order valence-corrected chi connectivity index (χ0v) is 21.0. The quantitative estimate of drug-likeness (QED) is 0.640. The number of aliphatic imine (C=N–C) groups is 1. The Labute approximate surface area is 209 Å². The van der Waals surface area contributed by atoms with Gasteiger partial charge >= 0.3 is 0 Å². The second-order valence-corrected chi connectivity index (χ2v) is 9.99. The molecule has 35 heavy (non-hydrogen) atoms. The number of terminal acetylenes is 1. The number of aromatic nitrogens is 2. The van der Waals surface area contributed by atoms with E-state index in [1.807, 2.05) is 32.0 Å². The maximum Gasteiger partial charge on any atom is 0.239 e. The number of amidine groups is 1. The minimum atomic E-state index is -0.553. The fraction of sp³-hybridized carbons (Fsp3) is 0.385. The van der Waals surface area contributed by atoms with Gasteiger partial charge in [0.2, 0.25) is 11.8 Å². The lowest BCUT2D eigenvalue weighted by Crippen LogP contribution is -2.49. The van der Waals surface area contributed by atoms with E-state index in [0.29, 0.717) is 10.7 Å². The van der Waals surface area contributed by atoms with Gasteiger partial charge in [-0.25, -0.2) is 14.4 Å². The lowest BCUT2D eigenvalue weighted by Gasteiger charge is -2.45. The minimum absolute atomic E-state index is 0.0666. The first-order chi connectivity index (χ1) is 16.8. The highest BCUT2D eigenvalue weighted by Gasteiger charge is 2.73. The predicted octanol–water partition coefficient (Wildman–Crippen LogP) is 3.64. The summed E-state index contributed by atoms with van der Waals surface area (Å²) in [5.41, 5.74) is 8.59. The molecule has 1 aliphatic heterocycles.